The highest BCUT2D eigenvalue weighted by molar-refractivity contribution is 5.86. The molecule has 1 aliphatic heterocycles. The molecule has 5 heteroatoms. The van der Waals surface area contributed by atoms with Crippen LogP contribution < -0.4 is 0 Å². The first-order valence-corrected chi connectivity index (χ1v) is 7.58. The summed E-state index contributed by atoms with van der Waals surface area (Å²) >= 11 is 0. The molecule has 1 fully saturated rings. The lowest BCUT2D eigenvalue weighted by Gasteiger charge is -2.25. The Bertz CT molecular complexity index is 730. The topological polar surface area (TPSA) is 55.8 Å². The summed E-state index contributed by atoms with van der Waals surface area (Å²) in [5.74, 6) is -0.481. The van der Waals surface area contributed by atoms with Crippen molar-refractivity contribution in [3.63, 3.8) is 0 Å². The Morgan fingerprint density at radius 1 is 1.08 bits per heavy atom. The van der Waals surface area contributed by atoms with Gasteiger partial charge in [0.2, 0.25) is 6.23 Å². The summed E-state index contributed by atoms with van der Waals surface area (Å²) in [4.78, 5) is 26.3. The molecule has 3 rings (SSSR count). The van der Waals surface area contributed by atoms with E-state index in [1.807, 2.05) is 36.4 Å². The highest BCUT2D eigenvalue weighted by Gasteiger charge is 2.47. The number of benzene rings is 2. The molecule has 1 heterocycles. The fourth-order valence-corrected chi connectivity index (χ4v) is 2.66. The Kier molecular flexibility index (Phi) is 4.61. The number of rotatable bonds is 4. The van der Waals surface area contributed by atoms with Crippen molar-refractivity contribution in [2.24, 2.45) is 0 Å². The monoisotopic (exact) mass is 323 g/mol. The molecule has 24 heavy (non-hydrogen) atoms. The van der Waals surface area contributed by atoms with E-state index in [0.717, 1.165) is 0 Å². The molecule has 0 saturated carbocycles. The van der Waals surface area contributed by atoms with Gasteiger partial charge in [-0.25, -0.2) is 14.5 Å². The number of cyclic esters (lactones) is 1. The zero-order valence-electron chi connectivity index (χ0n) is 13.0. The van der Waals surface area contributed by atoms with Crippen molar-refractivity contribution in [3.05, 3.63) is 84.4 Å². The van der Waals surface area contributed by atoms with Crippen LogP contribution in [0.15, 0.2) is 73.3 Å². The van der Waals surface area contributed by atoms with E-state index in [-0.39, 0.29) is 6.61 Å². The van der Waals surface area contributed by atoms with Crippen molar-refractivity contribution < 1.29 is 19.1 Å². The Hall–Kier alpha value is -3.08. The molecule has 2 unspecified atom stereocenters. The van der Waals surface area contributed by atoms with Crippen molar-refractivity contribution in [2.45, 2.75) is 12.3 Å². The fraction of sp³-hybridized carbons (Fsp3) is 0.158. The predicted molar refractivity (Wildman–Crippen MR) is 87.8 cm³/mol. The van der Waals surface area contributed by atoms with E-state index in [0.29, 0.717) is 11.1 Å². The first kappa shape index (κ1) is 15.8. The number of carbonyl (C=O) groups excluding carboxylic acids is 2. The van der Waals surface area contributed by atoms with Crippen molar-refractivity contribution in [3.8, 4) is 0 Å². The van der Waals surface area contributed by atoms with Crippen LogP contribution in [0.5, 0.6) is 0 Å². The molecule has 2 atom stereocenters. The van der Waals surface area contributed by atoms with Gasteiger partial charge in [0.05, 0.1) is 0 Å². The molecule has 2 aromatic rings. The van der Waals surface area contributed by atoms with E-state index < -0.39 is 24.3 Å². The first-order chi connectivity index (χ1) is 11.7. The third-order valence-electron chi connectivity index (χ3n) is 3.72. The number of ether oxygens (including phenoxy) is 2. The van der Waals surface area contributed by atoms with Gasteiger partial charge in [0.15, 0.2) is 6.04 Å². The molecule has 0 spiro atoms. The van der Waals surface area contributed by atoms with Crippen LogP contribution in [0.1, 0.15) is 23.4 Å². The number of amides is 1. The van der Waals surface area contributed by atoms with Crippen LogP contribution in [0.3, 0.4) is 0 Å². The maximum absolute atomic E-state index is 12.5. The minimum Gasteiger partial charge on any atom is -0.445 e. The van der Waals surface area contributed by atoms with Gasteiger partial charge >= 0.3 is 12.1 Å². The summed E-state index contributed by atoms with van der Waals surface area (Å²) in [5, 5.41) is 0. The predicted octanol–water partition coefficient (Wildman–Crippen LogP) is 3.61. The fourth-order valence-electron chi connectivity index (χ4n) is 2.66. The molecule has 0 N–H and O–H groups in total. The van der Waals surface area contributed by atoms with Gasteiger partial charge < -0.3 is 9.47 Å². The van der Waals surface area contributed by atoms with Gasteiger partial charge in [-0.3, -0.25) is 0 Å². The average Bonchev–Trinajstić information content (AvgIpc) is 2.98. The quantitative estimate of drug-likeness (QED) is 0.637. The molecule has 0 aromatic heterocycles. The maximum atomic E-state index is 12.5. The molecule has 5 nitrogen and oxygen atoms in total. The molecular weight excluding hydrogens is 306 g/mol. The number of esters is 1. The maximum Gasteiger partial charge on any atom is 0.414 e. The van der Waals surface area contributed by atoms with Crippen LogP contribution in [0.25, 0.3) is 0 Å². The smallest absolute Gasteiger partial charge is 0.414 e. The summed E-state index contributed by atoms with van der Waals surface area (Å²) in [6.45, 7) is 3.60. The molecule has 1 amide bonds. The third kappa shape index (κ3) is 3.01. The van der Waals surface area contributed by atoms with Gasteiger partial charge in [-0.1, -0.05) is 73.3 Å². The van der Waals surface area contributed by atoms with Gasteiger partial charge in [-0.2, -0.15) is 0 Å². The Balaban J connectivity index is 1.99. The van der Waals surface area contributed by atoms with Crippen LogP contribution in [-0.2, 0) is 14.3 Å². The average molecular weight is 323 g/mol. The summed E-state index contributed by atoms with van der Waals surface area (Å²) in [5.41, 5.74) is 1.39. The highest BCUT2D eigenvalue weighted by atomic mass is 16.6. The van der Waals surface area contributed by atoms with Gasteiger partial charge in [0.25, 0.3) is 0 Å². The summed E-state index contributed by atoms with van der Waals surface area (Å²) in [6.07, 6.45) is 0.0378. The van der Waals surface area contributed by atoms with Crippen LogP contribution in [0, 0.1) is 0 Å². The lowest BCUT2D eigenvalue weighted by molar-refractivity contribution is -0.143. The van der Waals surface area contributed by atoms with Crippen LogP contribution in [-0.4, -0.2) is 23.6 Å². The summed E-state index contributed by atoms with van der Waals surface area (Å²) in [6, 6.07) is 17.3. The Labute approximate surface area is 140 Å². The van der Waals surface area contributed by atoms with Crippen molar-refractivity contribution in [1.29, 1.82) is 0 Å². The lowest BCUT2D eigenvalue weighted by atomic mass is 10.1. The zero-order chi connectivity index (χ0) is 16.9. The van der Waals surface area contributed by atoms with E-state index in [2.05, 4.69) is 6.58 Å². The molecule has 0 bridgehead atoms. The van der Waals surface area contributed by atoms with Crippen LogP contribution in [0.4, 0.5) is 4.79 Å². The van der Waals surface area contributed by atoms with Gasteiger partial charge in [-0.15, -0.1) is 0 Å². The normalized spacial score (nSPS) is 19.7. The number of carbonyl (C=O) groups is 2. The number of hydrogen-bond acceptors (Lipinski definition) is 4. The minimum atomic E-state index is -0.839. The molecular formula is C19H17NO4. The molecule has 1 saturated heterocycles. The van der Waals surface area contributed by atoms with Crippen molar-refractivity contribution in [1.82, 2.24) is 4.90 Å². The van der Waals surface area contributed by atoms with Gasteiger partial charge in [-0.05, 0) is 5.56 Å². The number of nitrogens with zero attached hydrogens (tertiary/aromatic N) is 1. The highest BCUT2D eigenvalue weighted by Crippen LogP contribution is 2.40. The molecule has 0 radical (unpaired) electrons. The SMILES string of the molecule is C=CCOC(=O)N1C(c2ccccc2)OC(=O)C1c1ccccc1. The van der Waals surface area contributed by atoms with E-state index in [1.165, 1.54) is 11.0 Å². The van der Waals surface area contributed by atoms with Crippen LogP contribution in [0.2, 0.25) is 0 Å². The van der Waals surface area contributed by atoms with Gasteiger partial charge in [0.1, 0.15) is 6.61 Å². The van der Waals surface area contributed by atoms with Gasteiger partial charge in [0, 0.05) is 5.56 Å². The lowest BCUT2D eigenvalue weighted by Crippen LogP contribution is -2.34. The van der Waals surface area contributed by atoms with E-state index >= 15 is 0 Å². The summed E-state index contributed by atoms with van der Waals surface area (Å²) in [7, 11) is 0. The second-order valence-corrected chi connectivity index (χ2v) is 5.29. The number of hydrogen-bond donors (Lipinski definition) is 0. The third-order valence-corrected chi connectivity index (χ3v) is 3.72. The zero-order valence-corrected chi connectivity index (χ0v) is 13.0. The molecule has 1 aliphatic rings. The second-order valence-electron chi connectivity index (χ2n) is 5.29. The standard InChI is InChI=1S/C19H17NO4/c1-2-13-23-19(22)20-16(14-9-5-3-6-10-14)18(21)24-17(20)15-11-7-4-8-12-15/h2-12,16-17H,1,13H2. The molecule has 2 aromatic carbocycles. The molecule has 122 valence electrons. The first-order valence-electron chi connectivity index (χ1n) is 7.58. The Morgan fingerprint density at radius 2 is 1.67 bits per heavy atom. The van der Waals surface area contributed by atoms with Crippen molar-refractivity contribution >= 4 is 12.1 Å². The van der Waals surface area contributed by atoms with Crippen LogP contribution >= 0.6 is 0 Å². The minimum absolute atomic E-state index is 0.0620. The van der Waals surface area contributed by atoms with E-state index in [1.54, 1.807) is 24.3 Å². The van der Waals surface area contributed by atoms with E-state index in [4.69, 9.17) is 9.47 Å². The van der Waals surface area contributed by atoms with E-state index in [9.17, 15) is 9.59 Å². The summed E-state index contributed by atoms with van der Waals surface area (Å²) < 4.78 is 10.7. The second kappa shape index (κ2) is 7.00. The largest absolute Gasteiger partial charge is 0.445 e. The Morgan fingerprint density at radius 3 is 2.25 bits per heavy atom. The molecule has 0 aliphatic carbocycles. The van der Waals surface area contributed by atoms with Crippen molar-refractivity contribution in [2.75, 3.05) is 6.61 Å².